The lowest BCUT2D eigenvalue weighted by atomic mass is 9.48. The number of hydrogen-bond acceptors (Lipinski definition) is 1. The number of fused-ring (bicyclic) bond motifs is 2. The largest absolute Gasteiger partial charge is 0.330 e. The molecule has 16 heteroatoms. The van der Waals surface area contributed by atoms with Crippen molar-refractivity contribution in [3.63, 3.8) is 0 Å². The zero-order valence-corrected chi connectivity index (χ0v) is 11.8. The summed E-state index contributed by atoms with van der Waals surface area (Å²) < 4.78 is 204. The Hall–Kier alpha value is -1.38. The van der Waals surface area contributed by atoms with Crippen LogP contribution in [0.1, 0.15) is 0 Å². The molecule has 2 rings (SSSR count). The van der Waals surface area contributed by atoms with E-state index in [0.717, 1.165) is 0 Å². The highest BCUT2D eigenvalue weighted by Crippen LogP contribution is 2.80. The molecule has 0 aliphatic heterocycles. The molecule has 2 fully saturated rings. The van der Waals surface area contributed by atoms with Crippen molar-refractivity contribution in [3.05, 3.63) is 0 Å². The van der Waals surface area contributed by atoms with Gasteiger partial charge in [0.05, 0.1) is 0 Å². The van der Waals surface area contributed by atoms with E-state index in [1.165, 1.54) is 0 Å². The lowest BCUT2D eigenvalue weighted by Gasteiger charge is -2.63. The summed E-state index contributed by atoms with van der Waals surface area (Å²) >= 11 is 0. The van der Waals surface area contributed by atoms with Crippen molar-refractivity contribution in [3.8, 4) is 0 Å². The van der Waals surface area contributed by atoms with Crippen molar-refractivity contribution in [2.24, 2.45) is 11.3 Å². The van der Waals surface area contributed by atoms with E-state index in [9.17, 15) is 70.7 Å². The maximum Gasteiger partial charge on any atom is 0.330 e. The summed E-state index contributed by atoms with van der Waals surface area (Å²) in [4.78, 5) is 10.7. The average Bonchev–Trinajstić information content (AvgIpc) is 2.40. The van der Waals surface area contributed by atoms with Crippen LogP contribution in [0.15, 0.2) is 0 Å². The van der Waals surface area contributed by atoms with E-state index in [2.05, 4.69) is 0 Å². The molecule has 0 saturated heterocycles. The van der Waals surface area contributed by atoms with Crippen molar-refractivity contribution < 1.29 is 70.7 Å². The smallest absolute Gasteiger partial charge is 0.260 e. The van der Waals surface area contributed by atoms with E-state index in [1.807, 2.05) is 0 Å². The minimum absolute atomic E-state index is 4.83. The highest BCUT2D eigenvalue weighted by molar-refractivity contribution is 5.82. The maximum atomic E-state index is 14.3. The number of hydrogen-bond donors (Lipinski definition) is 0. The topological polar surface area (TPSA) is 17.1 Å². The molecule has 0 aromatic carbocycles. The van der Waals surface area contributed by atoms with Crippen LogP contribution >= 0.6 is 0 Å². The predicted octanol–water partition coefficient (Wildman–Crippen LogP) is 4.60. The van der Waals surface area contributed by atoms with Crippen molar-refractivity contribution in [1.29, 1.82) is 0 Å². The Morgan fingerprint density at radius 2 is 1.11 bits per heavy atom. The number of rotatable bonds is 2. The molecule has 2 bridgehead atoms. The summed E-state index contributed by atoms with van der Waals surface area (Å²) in [6.45, 7) is 0. The van der Waals surface area contributed by atoms with Crippen LogP contribution in [-0.2, 0) is 4.79 Å². The molecule has 0 aromatic rings. The summed E-state index contributed by atoms with van der Waals surface area (Å²) in [6.07, 6.45) is -11.5. The van der Waals surface area contributed by atoms with Crippen LogP contribution in [0.25, 0.3) is 0 Å². The molecule has 4 unspecified atom stereocenters. The fourth-order valence-electron chi connectivity index (χ4n) is 3.51. The zero-order valence-electron chi connectivity index (χ0n) is 11.8. The second-order valence-corrected chi connectivity index (χ2v) is 5.92. The Kier molecular flexibility index (Phi) is 4.03. The van der Waals surface area contributed by atoms with Gasteiger partial charge in [-0.25, -0.2) is 52.7 Å². The SMILES string of the molecule is O=C(F)C12C(F)(F)C(F)C(F)(F)C(F)(C(F)(F)C(C(F)F)C1(F)F)C2(F)F. The van der Waals surface area contributed by atoms with E-state index >= 15 is 0 Å². The number of alkyl halides is 14. The number of halogens is 15. The van der Waals surface area contributed by atoms with Gasteiger partial charge in [0.1, 0.15) is 0 Å². The predicted molar refractivity (Wildman–Crippen MR) is 51.5 cm³/mol. The quantitative estimate of drug-likeness (QED) is 0.457. The molecule has 0 N–H and O–H groups in total. The first kappa shape index (κ1) is 21.9. The maximum absolute atomic E-state index is 14.3. The van der Waals surface area contributed by atoms with Gasteiger partial charge < -0.3 is 0 Å². The molecule has 4 atom stereocenters. The molecule has 158 valence electrons. The van der Waals surface area contributed by atoms with Gasteiger partial charge in [0.2, 0.25) is 6.17 Å². The van der Waals surface area contributed by atoms with Gasteiger partial charge in [0.25, 0.3) is 17.8 Å². The van der Waals surface area contributed by atoms with Crippen LogP contribution in [0.2, 0.25) is 0 Å². The second-order valence-electron chi connectivity index (χ2n) is 5.92. The van der Waals surface area contributed by atoms with Gasteiger partial charge in [-0.1, -0.05) is 0 Å². The van der Waals surface area contributed by atoms with Gasteiger partial charge in [-0.05, 0) is 0 Å². The van der Waals surface area contributed by atoms with E-state index in [-0.39, 0.29) is 0 Å². The Morgan fingerprint density at radius 1 is 0.704 bits per heavy atom. The van der Waals surface area contributed by atoms with Crippen LogP contribution in [0.3, 0.4) is 0 Å². The molecule has 2 aliphatic carbocycles. The summed E-state index contributed by atoms with van der Waals surface area (Å²) in [5.41, 5.74) is -14.8. The fourth-order valence-corrected chi connectivity index (χ4v) is 3.51. The van der Waals surface area contributed by atoms with E-state index in [0.29, 0.717) is 0 Å². The normalized spacial score (nSPS) is 43.4. The molecule has 2 aliphatic rings. The van der Waals surface area contributed by atoms with Gasteiger partial charge in [-0.2, -0.15) is 13.2 Å². The van der Waals surface area contributed by atoms with Crippen molar-refractivity contribution >= 4 is 6.04 Å². The average molecular weight is 436 g/mol. The zero-order chi connectivity index (χ0) is 21.8. The number of carbonyl (C=O) groups is 1. The summed E-state index contributed by atoms with van der Waals surface area (Å²) in [5.74, 6) is -42.6. The van der Waals surface area contributed by atoms with Crippen molar-refractivity contribution in [1.82, 2.24) is 0 Å². The Balaban J connectivity index is 3.20. The summed E-state index contributed by atoms with van der Waals surface area (Å²) in [5, 5.41) is 0. The molecular formula is C11H3F15O. The Morgan fingerprint density at radius 3 is 1.44 bits per heavy atom. The van der Waals surface area contributed by atoms with Crippen LogP contribution < -0.4 is 0 Å². The molecule has 1 nitrogen and oxygen atoms in total. The molecular weight excluding hydrogens is 433 g/mol. The number of carbonyl (C=O) groups excluding carboxylic acids is 1. The van der Waals surface area contributed by atoms with E-state index in [1.54, 1.807) is 0 Å². The van der Waals surface area contributed by atoms with Crippen molar-refractivity contribution in [2.45, 2.75) is 47.9 Å². The van der Waals surface area contributed by atoms with Crippen LogP contribution in [0.5, 0.6) is 0 Å². The minimum Gasteiger partial charge on any atom is -0.260 e. The van der Waals surface area contributed by atoms with Gasteiger partial charge in [0.15, 0.2) is 5.92 Å². The fraction of sp³-hybridized carbons (Fsp3) is 0.909. The lowest BCUT2D eigenvalue weighted by molar-refractivity contribution is -0.505. The summed E-state index contributed by atoms with van der Waals surface area (Å²) in [7, 11) is 0. The molecule has 0 amide bonds. The third-order valence-corrected chi connectivity index (χ3v) is 4.79. The Labute approximate surface area is 137 Å². The van der Waals surface area contributed by atoms with Gasteiger partial charge in [-0.15, -0.1) is 0 Å². The monoisotopic (exact) mass is 436 g/mol. The lowest BCUT2D eigenvalue weighted by Crippen LogP contribution is -2.93. The van der Waals surface area contributed by atoms with Gasteiger partial charge in [-0.3, -0.25) is 4.79 Å². The second kappa shape index (κ2) is 4.96. The first-order valence-electron chi connectivity index (χ1n) is 6.36. The molecule has 0 radical (unpaired) electrons. The molecule has 27 heavy (non-hydrogen) atoms. The highest BCUT2D eigenvalue weighted by Gasteiger charge is 3.08. The van der Waals surface area contributed by atoms with Gasteiger partial charge in [0, 0.05) is 0 Å². The minimum atomic E-state index is -7.74. The first-order valence-corrected chi connectivity index (χ1v) is 6.36. The van der Waals surface area contributed by atoms with E-state index in [4.69, 9.17) is 0 Å². The summed E-state index contributed by atoms with van der Waals surface area (Å²) in [6, 6.07) is -4.83. The highest BCUT2D eigenvalue weighted by atomic mass is 19.3. The third kappa shape index (κ3) is 1.68. The Bertz CT molecular complexity index is 671. The molecule has 0 heterocycles. The molecule has 2 saturated carbocycles. The van der Waals surface area contributed by atoms with Crippen LogP contribution in [0, 0.1) is 11.3 Å². The molecule has 0 aromatic heterocycles. The van der Waals surface area contributed by atoms with Crippen LogP contribution in [0.4, 0.5) is 65.9 Å². The van der Waals surface area contributed by atoms with E-state index < -0.39 is 65.2 Å². The van der Waals surface area contributed by atoms with Crippen LogP contribution in [-0.4, -0.2) is 53.9 Å². The standard InChI is InChI=1S/C11H3F15O/c12-2(13)1-6(16,17)5(4(15)27)8(20,21)3(14)9(22,23)10(24,7(1,18)19)11(5,25)26/h1-3H. The van der Waals surface area contributed by atoms with Crippen molar-refractivity contribution in [2.75, 3.05) is 0 Å². The first-order chi connectivity index (χ1) is 11.7. The molecule has 0 spiro atoms. The third-order valence-electron chi connectivity index (χ3n) is 4.79. The van der Waals surface area contributed by atoms with Gasteiger partial charge >= 0.3 is 35.4 Å².